The molecule has 0 N–H and O–H groups in total. The van der Waals surface area contributed by atoms with Gasteiger partial charge in [0.15, 0.2) is 0 Å². The minimum atomic E-state index is -1.00. The van der Waals surface area contributed by atoms with Crippen LogP contribution in [0, 0.1) is 0 Å². The normalized spacial score (nSPS) is 11.2. The molecule has 0 heterocycles. The van der Waals surface area contributed by atoms with Gasteiger partial charge in [-0.1, -0.05) is 43.0 Å². The van der Waals surface area contributed by atoms with Gasteiger partial charge in [0.2, 0.25) is 5.91 Å². The maximum absolute atomic E-state index is 12.3. The van der Waals surface area contributed by atoms with E-state index < -0.39 is 24.0 Å². The average molecular weight is 348 g/mol. The number of amides is 2. The van der Waals surface area contributed by atoms with Crippen LogP contribution in [-0.4, -0.2) is 61.6 Å². The molecule has 0 aliphatic rings. The summed E-state index contributed by atoms with van der Waals surface area (Å²) in [5, 5.41) is 0. The maximum Gasteiger partial charge on any atom is 0.410 e. The fraction of sp³-hybridized carbons (Fsp3) is 0.389. The summed E-state index contributed by atoms with van der Waals surface area (Å²) in [6.07, 6.45) is 0.447. The molecule has 1 unspecified atom stereocenters. The van der Waals surface area contributed by atoms with Crippen LogP contribution in [0.5, 0.6) is 0 Å². The summed E-state index contributed by atoms with van der Waals surface area (Å²) in [5.41, 5.74) is 0.838. The molecule has 25 heavy (non-hydrogen) atoms. The van der Waals surface area contributed by atoms with Crippen molar-refractivity contribution < 1.29 is 23.9 Å². The van der Waals surface area contributed by atoms with Gasteiger partial charge in [0.25, 0.3) is 0 Å². The van der Waals surface area contributed by atoms with Crippen molar-refractivity contribution in [2.45, 2.75) is 19.1 Å². The fourth-order valence-electron chi connectivity index (χ4n) is 2.00. The van der Waals surface area contributed by atoms with Crippen LogP contribution in [0.15, 0.2) is 43.0 Å². The highest BCUT2D eigenvalue weighted by Crippen LogP contribution is 2.10. The number of hydrogen-bond donors (Lipinski definition) is 0. The first-order valence-corrected chi connectivity index (χ1v) is 7.78. The zero-order valence-electron chi connectivity index (χ0n) is 14.8. The SMILES string of the molecule is C=CCOC(=O)N(C)C(CC(=O)OCc1ccccc1)C(=O)N(C)C. The third-order valence-electron chi connectivity index (χ3n) is 3.41. The van der Waals surface area contributed by atoms with Gasteiger partial charge < -0.3 is 14.4 Å². The van der Waals surface area contributed by atoms with Gasteiger partial charge in [0.05, 0.1) is 6.42 Å². The summed E-state index contributed by atoms with van der Waals surface area (Å²) in [6, 6.07) is 8.19. The number of carbonyl (C=O) groups is 3. The summed E-state index contributed by atoms with van der Waals surface area (Å²) in [5.74, 6) is -0.970. The quantitative estimate of drug-likeness (QED) is 0.529. The second-order valence-electron chi connectivity index (χ2n) is 5.58. The van der Waals surface area contributed by atoms with Crippen LogP contribution < -0.4 is 0 Å². The van der Waals surface area contributed by atoms with Crippen molar-refractivity contribution in [3.63, 3.8) is 0 Å². The molecule has 0 radical (unpaired) electrons. The Bertz CT molecular complexity index is 601. The van der Waals surface area contributed by atoms with Crippen molar-refractivity contribution >= 4 is 18.0 Å². The van der Waals surface area contributed by atoms with Crippen LogP contribution in [-0.2, 0) is 25.7 Å². The minimum absolute atomic E-state index is 0.0184. The molecule has 7 heteroatoms. The molecule has 0 fully saturated rings. The van der Waals surface area contributed by atoms with Crippen molar-refractivity contribution in [2.24, 2.45) is 0 Å². The number of rotatable bonds is 8. The first-order valence-electron chi connectivity index (χ1n) is 7.78. The van der Waals surface area contributed by atoms with Gasteiger partial charge in [-0.2, -0.15) is 0 Å². The number of benzene rings is 1. The van der Waals surface area contributed by atoms with Crippen LogP contribution >= 0.6 is 0 Å². The number of hydrogen-bond acceptors (Lipinski definition) is 5. The van der Waals surface area contributed by atoms with Crippen LogP contribution in [0.25, 0.3) is 0 Å². The Morgan fingerprint density at radius 2 is 1.76 bits per heavy atom. The lowest BCUT2D eigenvalue weighted by molar-refractivity contribution is -0.149. The number of ether oxygens (including phenoxy) is 2. The van der Waals surface area contributed by atoms with Crippen molar-refractivity contribution in [3.05, 3.63) is 48.6 Å². The second-order valence-corrected chi connectivity index (χ2v) is 5.58. The zero-order valence-corrected chi connectivity index (χ0v) is 14.8. The molecule has 1 aromatic carbocycles. The highest BCUT2D eigenvalue weighted by molar-refractivity contribution is 5.89. The van der Waals surface area contributed by atoms with E-state index in [1.165, 1.54) is 18.0 Å². The summed E-state index contributed by atoms with van der Waals surface area (Å²) in [7, 11) is 4.50. The monoisotopic (exact) mass is 348 g/mol. The molecular weight excluding hydrogens is 324 g/mol. The Hall–Kier alpha value is -2.83. The van der Waals surface area contributed by atoms with Crippen LogP contribution in [0.1, 0.15) is 12.0 Å². The van der Waals surface area contributed by atoms with E-state index in [1.807, 2.05) is 30.3 Å². The van der Waals surface area contributed by atoms with Gasteiger partial charge in [-0.25, -0.2) is 4.79 Å². The first-order chi connectivity index (χ1) is 11.9. The van der Waals surface area contributed by atoms with Crippen LogP contribution in [0.4, 0.5) is 4.79 Å². The third-order valence-corrected chi connectivity index (χ3v) is 3.41. The predicted octanol–water partition coefficient (Wildman–Crippen LogP) is 1.83. The van der Waals surface area contributed by atoms with Crippen LogP contribution in [0.2, 0.25) is 0 Å². The number of nitrogens with zero attached hydrogens (tertiary/aromatic N) is 2. The standard InChI is InChI=1S/C18H24N2O5/c1-5-11-24-18(23)20(4)15(17(22)19(2)3)12-16(21)25-13-14-9-7-6-8-10-14/h5-10,15H,1,11-13H2,2-4H3. The van der Waals surface area contributed by atoms with E-state index in [2.05, 4.69) is 6.58 Å². The zero-order chi connectivity index (χ0) is 18.8. The Kier molecular flexibility index (Phi) is 8.18. The molecule has 1 aromatic rings. The molecular formula is C18H24N2O5. The van der Waals surface area contributed by atoms with Gasteiger partial charge >= 0.3 is 12.1 Å². The lowest BCUT2D eigenvalue weighted by atomic mass is 10.1. The van der Waals surface area contributed by atoms with E-state index >= 15 is 0 Å². The molecule has 0 saturated heterocycles. The van der Waals surface area contributed by atoms with Gasteiger partial charge in [-0.3, -0.25) is 14.5 Å². The Balaban J connectivity index is 2.72. The first kappa shape index (κ1) is 20.2. The summed E-state index contributed by atoms with van der Waals surface area (Å²) in [6.45, 7) is 3.58. The summed E-state index contributed by atoms with van der Waals surface area (Å²) in [4.78, 5) is 38.8. The molecule has 0 spiro atoms. The van der Waals surface area contributed by atoms with Gasteiger partial charge in [-0.05, 0) is 5.56 Å². The fourth-order valence-corrected chi connectivity index (χ4v) is 2.00. The lowest BCUT2D eigenvalue weighted by Crippen LogP contribution is -2.48. The van der Waals surface area contributed by atoms with Crippen molar-refractivity contribution in [1.82, 2.24) is 9.80 Å². The van der Waals surface area contributed by atoms with Gasteiger partial charge in [0.1, 0.15) is 19.3 Å². The smallest absolute Gasteiger partial charge is 0.410 e. The van der Waals surface area contributed by atoms with E-state index in [0.29, 0.717) is 0 Å². The van der Waals surface area contributed by atoms with E-state index in [1.54, 1.807) is 14.1 Å². The minimum Gasteiger partial charge on any atom is -0.461 e. The molecule has 0 saturated carbocycles. The largest absolute Gasteiger partial charge is 0.461 e. The average Bonchev–Trinajstić information content (AvgIpc) is 2.62. The number of esters is 1. The summed E-state index contributed by atoms with van der Waals surface area (Å²) < 4.78 is 10.1. The van der Waals surface area contributed by atoms with Gasteiger partial charge in [-0.15, -0.1) is 0 Å². The van der Waals surface area contributed by atoms with E-state index in [4.69, 9.17) is 9.47 Å². The number of carbonyl (C=O) groups excluding carboxylic acids is 3. The highest BCUT2D eigenvalue weighted by atomic mass is 16.6. The summed E-state index contributed by atoms with van der Waals surface area (Å²) >= 11 is 0. The number of likely N-dealkylation sites (N-methyl/N-ethyl adjacent to an activating group) is 2. The topological polar surface area (TPSA) is 76.1 Å². The van der Waals surface area contributed by atoms with E-state index in [-0.39, 0.29) is 19.6 Å². The van der Waals surface area contributed by atoms with E-state index in [9.17, 15) is 14.4 Å². The molecule has 7 nitrogen and oxygen atoms in total. The van der Waals surface area contributed by atoms with Gasteiger partial charge in [0, 0.05) is 21.1 Å². The maximum atomic E-state index is 12.3. The third kappa shape index (κ3) is 6.66. The molecule has 0 aliphatic heterocycles. The van der Waals surface area contributed by atoms with Crippen molar-refractivity contribution in [1.29, 1.82) is 0 Å². The molecule has 0 aromatic heterocycles. The molecule has 1 atom stereocenters. The lowest BCUT2D eigenvalue weighted by Gasteiger charge is -2.28. The molecule has 136 valence electrons. The van der Waals surface area contributed by atoms with Crippen molar-refractivity contribution in [2.75, 3.05) is 27.7 Å². The molecule has 2 amide bonds. The second kappa shape index (κ2) is 10.1. The van der Waals surface area contributed by atoms with E-state index in [0.717, 1.165) is 10.5 Å². The molecule has 1 rings (SSSR count). The predicted molar refractivity (Wildman–Crippen MR) is 92.6 cm³/mol. The van der Waals surface area contributed by atoms with Crippen molar-refractivity contribution in [3.8, 4) is 0 Å². The Morgan fingerprint density at radius 1 is 1.12 bits per heavy atom. The van der Waals surface area contributed by atoms with Crippen LogP contribution in [0.3, 0.4) is 0 Å². The Labute approximate surface area is 147 Å². The highest BCUT2D eigenvalue weighted by Gasteiger charge is 2.31. The Morgan fingerprint density at radius 3 is 2.32 bits per heavy atom. The molecule has 0 aliphatic carbocycles. The molecule has 0 bridgehead atoms.